The molecule has 1 aliphatic heterocycles. The highest BCUT2D eigenvalue weighted by Gasteiger charge is 2.28. The van der Waals surface area contributed by atoms with E-state index in [1.807, 2.05) is 37.3 Å². The molecule has 1 N–H and O–H groups in total. The number of para-hydroxylation sites is 1. The van der Waals surface area contributed by atoms with E-state index >= 15 is 0 Å². The number of rotatable bonds is 6. The van der Waals surface area contributed by atoms with Crippen LogP contribution in [0.2, 0.25) is 5.02 Å². The van der Waals surface area contributed by atoms with Gasteiger partial charge in [0.15, 0.2) is 0 Å². The van der Waals surface area contributed by atoms with Crippen molar-refractivity contribution < 1.29 is 17.3 Å². The Labute approximate surface area is 175 Å². The van der Waals surface area contributed by atoms with E-state index < -0.39 is 10.1 Å². The number of hydrogen-bond donors (Lipinski definition) is 1. The summed E-state index contributed by atoms with van der Waals surface area (Å²) in [6.07, 6.45) is 0.202. The van der Waals surface area contributed by atoms with Crippen LogP contribution in [-0.2, 0) is 20.7 Å². The summed E-state index contributed by atoms with van der Waals surface area (Å²) in [5.74, 6) is 0.712. The van der Waals surface area contributed by atoms with Crippen LogP contribution in [0.3, 0.4) is 0 Å². The maximum absolute atomic E-state index is 12.4. The summed E-state index contributed by atoms with van der Waals surface area (Å²) in [6.45, 7) is 1.85. The van der Waals surface area contributed by atoms with Crippen LogP contribution in [0.1, 0.15) is 11.1 Å². The van der Waals surface area contributed by atoms with Crippen molar-refractivity contribution in [3.63, 3.8) is 0 Å². The van der Waals surface area contributed by atoms with Gasteiger partial charge in [0.25, 0.3) is 10.1 Å². The molecule has 5 nitrogen and oxygen atoms in total. The molecule has 0 fully saturated rings. The van der Waals surface area contributed by atoms with Gasteiger partial charge in [-0.25, -0.2) is 0 Å². The average Bonchev–Trinajstić information content (AvgIpc) is 3.13. The van der Waals surface area contributed by atoms with Gasteiger partial charge in [0.05, 0.1) is 10.6 Å². The summed E-state index contributed by atoms with van der Waals surface area (Å²) in [6, 6.07) is 19.8. The van der Waals surface area contributed by atoms with Crippen molar-refractivity contribution in [1.29, 1.82) is 0 Å². The number of aryl methyl sites for hydroxylation is 1. The first-order valence-corrected chi connectivity index (χ1v) is 11.0. The van der Waals surface area contributed by atoms with Crippen LogP contribution in [-0.4, -0.2) is 21.1 Å². The second kappa shape index (κ2) is 8.06. The number of benzene rings is 3. The molecule has 1 atom stereocenters. The zero-order valence-corrected chi connectivity index (χ0v) is 17.3. The lowest BCUT2D eigenvalue weighted by atomic mass is 10.1. The molecule has 1 heterocycles. The Kier molecular flexibility index (Phi) is 5.50. The number of ether oxygens (including phenoxy) is 1. The van der Waals surface area contributed by atoms with Crippen molar-refractivity contribution in [3.05, 3.63) is 82.9 Å². The number of halogens is 1. The zero-order valence-electron chi connectivity index (χ0n) is 15.8. The Morgan fingerprint density at radius 3 is 2.52 bits per heavy atom. The third-order valence-corrected chi connectivity index (χ3v) is 6.22. The molecular weight excluding hydrogens is 410 g/mol. The van der Waals surface area contributed by atoms with E-state index in [1.165, 1.54) is 0 Å². The third kappa shape index (κ3) is 4.56. The number of fused-ring (bicyclic) bond motifs is 1. The minimum absolute atomic E-state index is 0.0503. The summed E-state index contributed by atoms with van der Waals surface area (Å²) in [5, 5.41) is 3.98. The van der Waals surface area contributed by atoms with Crippen molar-refractivity contribution >= 4 is 33.1 Å². The van der Waals surface area contributed by atoms with Crippen molar-refractivity contribution in [2.24, 2.45) is 0 Å². The monoisotopic (exact) mass is 429 g/mol. The summed E-state index contributed by atoms with van der Waals surface area (Å²) in [4.78, 5) is 0.142. The molecule has 1 aliphatic rings. The van der Waals surface area contributed by atoms with Crippen molar-refractivity contribution in [2.45, 2.75) is 24.3 Å². The molecule has 4 rings (SSSR count). The maximum Gasteiger partial charge on any atom is 0.297 e. The van der Waals surface area contributed by atoms with Crippen LogP contribution in [0.5, 0.6) is 5.75 Å². The predicted octanol–water partition coefficient (Wildman–Crippen LogP) is 5.10. The molecule has 3 aromatic carbocycles. The van der Waals surface area contributed by atoms with Gasteiger partial charge in [0.2, 0.25) is 0 Å². The smallest absolute Gasteiger partial charge is 0.297 e. The minimum atomic E-state index is -3.82. The Hall–Kier alpha value is -2.54. The van der Waals surface area contributed by atoms with Gasteiger partial charge in [-0.3, -0.25) is 4.18 Å². The van der Waals surface area contributed by atoms with Gasteiger partial charge in [0, 0.05) is 22.7 Å². The zero-order chi connectivity index (χ0) is 20.4. The fourth-order valence-electron chi connectivity index (χ4n) is 3.16. The fraction of sp³-hybridized carbons (Fsp3) is 0.182. The normalized spacial score (nSPS) is 15.6. The predicted molar refractivity (Wildman–Crippen MR) is 114 cm³/mol. The largest absolute Gasteiger partial charge is 0.485 e. The summed E-state index contributed by atoms with van der Waals surface area (Å²) >= 11 is 5.94. The van der Waals surface area contributed by atoms with Crippen LogP contribution in [0.4, 0.5) is 11.4 Å². The fourth-order valence-corrected chi connectivity index (χ4v) is 4.22. The van der Waals surface area contributed by atoms with Crippen LogP contribution in [0.15, 0.2) is 71.6 Å². The van der Waals surface area contributed by atoms with E-state index in [2.05, 4.69) is 5.32 Å². The lowest BCUT2D eigenvalue weighted by Gasteiger charge is -2.14. The molecule has 7 heteroatoms. The summed E-state index contributed by atoms with van der Waals surface area (Å²) < 4.78 is 36.1. The Morgan fingerprint density at radius 1 is 1.07 bits per heavy atom. The molecule has 150 valence electrons. The van der Waals surface area contributed by atoms with E-state index in [9.17, 15) is 8.42 Å². The second-order valence-corrected chi connectivity index (χ2v) is 8.97. The van der Waals surface area contributed by atoms with E-state index in [4.69, 9.17) is 20.5 Å². The number of anilines is 2. The molecule has 0 saturated heterocycles. The van der Waals surface area contributed by atoms with Crippen molar-refractivity contribution in [3.8, 4) is 5.75 Å². The van der Waals surface area contributed by atoms with E-state index in [0.29, 0.717) is 17.2 Å². The highest BCUT2D eigenvalue weighted by molar-refractivity contribution is 7.86. The van der Waals surface area contributed by atoms with Crippen molar-refractivity contribution in [1.82, 2.24) is 0 Å². The maximum atomic E-state index is 12.4. The highest BCUT2D eigenvalue weighted by Crippen LogP contribution is 2.38. The average molecular weight is 430 g/mol. The van der Waals surface area contributed by atoms with Crippen LogP contribution in [0, 0.1) is 6.92 Å². The molecule has 0 radical (unpaired) electrons. The lowest BCUT2D eigenvalue weighted by molar-refractivity contribution is 0.153. The summed E-state index contributed by atoms with van der Waals surface area (Å²) in [5.41, 5.74) is 3.69. The van der Waals surface area contributed by atoms with E-state index in [1.54, 1.807) is 36.4 Å². The number of hydrogen-bond acceptors (Lipinski definition) is 5. The Balaban J connectivity index is 1.44. The van der Waals surface area contributed by atoms with E-state index in [-0.39, 0.29) is 17.6 Å². The van der Waals surface area contributed by atoms with Gasteiger partial charge in [-0.2, -0.15) is 8.42 Å². The topological polar surface area (TPSA) is 64.6 Å². The first-order valence-electron chi connectivity index (χ1n) is 9.18. The summed E-state index contributed by atoms with van der Waals surface area (Å²) in [7, 11) is -3.82. The van der Waals surface area contributed by atoms with Crippen molar-refractivity contribution in [2.75, 3.05) is 11.9 Å². The standard InChI is InChI=1S/C22H20ClNO4S/c1-15-5-11-20(12-6-15)29(25,26)27-14-19-13-16-3-2-4-21(22(16)28-19)24-18-9-7-17(23)8-10-18/h2-12,19,24H,13-14H2,1H3. The molecule has 29 heavy (non-hydrogen) atoms. The molecule has 1 unspecified atom stereocenters. The molecule has 0 aromatic heterocycles. The number of nitrogens with one attached hydrogen (secondary N) is 1. The molecular formula is C22H20ClNO4S. The van der Waals surface area contributed by atoms with Gasteiger partial charge in [0.1, 0.15) is 18.5 Å². The molecule has 0 bridgehead atoms. The van der Waals surface area contributed by atoms with Gasteiger partial charge in [-0.05, 0) is 49.4 Å². The first-order chi connectivity index (χ1) is 13.9. The third-order valence-electron chi connectivity index (χ3n) is 4.67. The Morgan fingerprint density at radius 2 is 1.79 bits per heavy atom. The Bertz CT molecular complexity index is 1110. The van der Waals surface area contributed by atoms with Gasteiger partial charge in [-0.15, -0.1) is 0 Å². The van der Waals surface area contributed by atoms with Crippen LogP contribution >= 0.6 is 11.6 Å². The van der Waals surface area contributed by atoms with E-state index in [0.717, 1.165) is 22.5 Å². The first kappa shape index (κ1) is 19.8. The highest BCUT2D eigenvalue weighted by atomic mass is 35.5. The molecule has 0 amide bonds. The molecule has 0 aliphatic carbocycles. The quantitative estimate of drug-likeness (QED) is 0.552. The van der Waals surface area contributed by atoms with Crippen LogP contribution in [0.25, 0.3) is 0 Å². The van der Waals surface area contributed by atoms with Crippen LogP contribution < -0.4 is 10.1 Å². The molecule has 0 spiro atoms. The van der Waals surface area contributed by atoms with Gasteiger partial charge >= 0.3 is 0 Å². The van der Waals surface area contributed by atoms with Gasteiger partial charge in [-0.1, -0.05) is 41.4 Å². The lowest BCUT2D eigenvalue weighted by Crippen LogP contribution is -2.23. The SMILES string of the molecule is Cc1ccc(S(=O)(=O)OCC2Cc3cccc(Nc4ccc(Cl)cc4)c3O2)cc1. The molecule has 3 aromatic rings. The van der Waals surface area contributed by atoms with Gasteiger partial charge < -0.3 is 10.1 Å². The second-order valence-electron chi connectivity index (χ2n) is 6.92. The molecule has 0 saturated carbocycles. The minimum Gasteiger partial charge on any atom is -0.485 e.